The summed E-state index contributed by atoms with van der Waals surface area (Å²) in [5, 5.41) is 10.7. The van der Waals surface area contributed by atoms with Crippen LogP contribution in [0.3, 0.4) is 0 Å². The van der Waals surface area contributed by atoms with Crippen LogP contribution in [-0.2, 0) is 0 Å². The van der Waals surface area contributed by atoms with Gasteiger partial charge in [-0.15, -0.1) is 0 Å². The minimum absolute atomic E-state index is 0.527. The Balaban J connectivity index is 1.88. The van der Waals surface area contributed by atoms with E-state index >= 15 is 0 Å². The van der Waals surface area contributed by atoms with Crippen molar-refractivity contribution in [2.24, 2.45) is 0 Å². The number of aliphatic hydroxyl groups excluding tert-OH is 1. The lowest BCUT2D eigenvalue weighted by Gasteiger charge is -2.10. The average Bonchev–Trinajstić information content (AvgIpc) is 2.55. The Hall–Kier alpha value is -2.46. The van der Waals surface area contributed by atoms with Crippen LogP contribution in [0.15, 0.2) is 54.9 Å². The first kappa shape index (κ1) is 13.5. The van der Waals surface area contributed by atoms with Crippen molar-refractivity contribution in [3.05, 3.63) is 60.6 Å². The van der Waals surface area contributed by atoms with Crippen molar-refractivity contribution in [1.29, 1.82) is 0 Å². The van der Waals surface area contributed by atoms with Gasteiger partial charge in [-0.3, -0.25) is 9.97 Å². The van der Waals surface area contributed by atoms with E-state index in [0.29, 0.717) is 17.9 Å². The van der Waals surface area contributed by atoms with E-state index in [0.717, 1.165) is 16.7 Å². The van der Waals surface area contributed by atoms with E-state index in [2.05, 4.69) is 9.97 Å². The van der Waals surface area contributed by atoms with E-state index in [9.17, 15) is 5.11 Å². The number of aromatic nitrogens is 2. The van der Waals surface area contributed by atoms with Gasteiger partial charge in [0.2, 0.25) is 0 Å². The van der Waals surface area contributed by atoms with Gasteiger partial charge in [-0.25, -0.2) is 0 Å². The molecule has 0 aliphatic rings. The first-order valence-corrected chi connectivity index (χ1v) is 6.93. The van der Waals surface area contributed by atoms with Crippen LogP contribution in [0.4, 0.5) is 0 Å². The van der Waals surface area contributed by atoms with Crippen LogP contribution in [0.2, 0.25) is 0 Å². The number of aliphatic hydroxyl groups is 1. The van der Waals surface area contributed by atoms with Crippen molar-refractivity contribution < 1.29 is 9.84 Å². The Morgan fingerprint density at radius 1 is 1.10 bits per heavy atom. The lowest BCUT2D eigenvalue weighted by atomic mass is 10.2. The number of benzene rings is 1. The molecule has 21 heavy (non-hydrogen) atoms. The van der Waals surface area contributed by atoms with Gasteiger partial charge in [-0.1, -0.05) is 13.0 Å². The third kappa shape index (κ3) is 2.85. The molecule has 0 bridgehead atoms. The largest absolute Gasteiger partial charge is 0.455 e. The molecular formula is C17H16N2O2. The summed E-state index contributed by atoms with van der Waals surface area (Å²) in [4.78, 5) is 8.54. The molecule has 0 saturated heterocycles. The van der Waals surface area contributed by atoms with Crippen molar-refractivity contribution in [2.45, 2.75) is 19.4 Å². The first-order chi connectivity index (χ1) is 10.3. The van der Waals surface area contributed by atoms with Crippen LogP contribution in [-0.4, -0.2) is 15.1 Å². The molecule has 4 nitrogen and oxygen atoms in total. The molecule has 0 aliphatic carbocycles. The van der Waals surface area contributed by atoms with Gasteiger partial charge in [0.25, 0.3) is 0 Å². The molecule has 0 fully saturated rings. The highest BCUT2D eigenvalue weighted by Crippen LogP contribution is 2.28. The summed E-state index contributed by atoms with van der Waals surface area (Å²) in [7, 11) is 0. The molecule has 1 N–H and O–H groups in total. The second kappa shape index (κ2) is 5.89. The maximum atomic E-state index is 9.74. The molecular weight excluding hydrogens is 264 g/mol. The molecule has 0 radical (unpaired) electrons. The minimum atomic E-state index is -0.527. The first-order valence-electron chi connectivity index (χ1n) is 6.93. The topological polar surface area (TPSA) is 55.2 Å². The third-order valence-electron chi connectivity index (χ3n) is 3.32. The average molecular weight is 280 g/mol. The minimum Gasteiger partial charge on any atom is -0.455 e. The molecule has 0 spiro atoms. The van der Waals surface area contributed by atoms with Crippen LogP contribution in [0, 0.1) is 0 Å². The fourth-order valence-electron chi connectivity index (χ4n) is 2.15. The molecule has 2 aromatic heterocycles. The number of fused-ring (bicyclic) bond motifs is 1. The monoisotopic (exact) mass is 280 g/mol. The molecule has 3 rings (SSSR count). The lowest BCUT2D eigenvalue weighted by molar-refractivity contribution is 0.169. The zero-order chi connectivity index (χ0) is 14.7. The van der Waals surface area contributed by atoms with Crippen LogP contribution >= 0.6 is 0 Å². The number of hydrogen-bond donors (Lipinski definition) is 1. The highest BCUT2D eigenvalue weighted by molar-refractivity contribution is 5.85. The van der Waals surface area contributed by atoms with E-state index in [4.69, 9.17) is 4.74 Å². The second-order valence-corrected chi connectivity index (χ2v) is 4.77. The summed E-state index contributed by atoms with van der Waals surface area (Å²) >= 11 is 0. The zero-order valence-corrected chi connectivity index (χ0v) is 11.7. The van der Waals surface area contributed by atoms with Gasteiger partial charge >= 0.3 is 0 Å². The molecule has 0 aliphatic heterocycles. The van der Waals surface area contributed by atoms with Gasteiger partial charge in [-0.05, 0) is 42.8 Å². The predicted octanol–water partition coefficient (Wildman–Crippen LogP) is 3.87. The molecule has 0 saturated carbocycles. The summed E-state index contributed by atoms with van der Waals surface area (Å²) < 4.78 is 5.88. The standard InChI is InChI=1S/C17H16N2O2/c1-2-16(20)15-9-8-12(11-19-15)21-17-7-3-6-14-13(17)5-4-10-18-14/h3-11,16,20H,2H2,1H3/t16-/m0/s1. The van der Waals surface area contributed by atoms with E-state index in [1.807, 2.05) is 43.3 Å². The highest BCUT2D eigenvalue weighted by Gasteiger charge is 2.08. The smallest absolute Gasteiger partial charge is 0.145 e. The number of ether oxygens (including phenoxy) is 1. The summed E-state index contributed by atoms with van der Waals surface area (Å²) in [6.07, 6.45) is 3.50. The van der Waals surface area contributed by atoms with E-state index in [1.165, 1.54) is 0 Å². The Kier molecular flexibility index (Phi) is 3.79. The van der Waals surface area contributed by atoms with Gasteiger partial charge in [0.15, 0.2) is 0 Å². The van der Waals surface area contributed by atoms with Gasteiger partial charge in [0.05, 0.1) is 23.5 Å². The Bertz CT molecular complexity index is 736. The van der Waals surface area contributed by atoms with Crippen LogP contribution in [0.25, 0.3) is 10.9 Å². The van der Waals surface area contributed by atoms with Crippen molar-refractivity contribution in [3.8, 4) is 11.5 Å². The van der Waals surface area contributed by atoms with Crippen LogP contribution in [0.1, 0.15) is 25.1 Å². The van der Waals surface area contributed by atoms with Crippen molar-refractivity contribution in [1.82, 2.24) is 9.97 Å². The molecule has 0 unspecified atom stereocenters. The van der Waals surface area contributed by atoms with Crippen LogP contribution < -0.4 is 4.74 Å². The van der Waals surface area contributed by atoms with Gasteiger partial charge < -0.3 is 9.84 Å². The number of pyridine rings is 2. The molecule has 2 heterocycles. The summed E-state index contributed by atoms with van der Waals surface area (Å²) in [5.74, 6) is 1.38. The van der Waals surface area contributed by atoms with Crippen molar-refractivity contribution >= 4 is 10.9 Å². The fourth-order valence-corrected chi connectivity index (χ4v) is 2.15. The quantitative estimate of drug-likeness (QED) is 0.788. The predicted molar refractivity (Wildman–Crippen MR) is 81.3 cm³/mol. The van der Waals surface area contributed by atoms with Gasteiger partial charge in [0, 0.05) is 11.6 Å². The van der Waals surface area contributed by atoms with Crippen molar-refractivity contribution in [3.63, 3.8) is 0 Å². The Labute approximate surface area is 123 Å². The lowest BCUT2D eigenvalue weighted by Crippen LogP contribution is -1.98. The molecule has 0 amide bonds. The Morgan fingerprint density at radius 2 is 2.00 bits per heavy atom. The molecule has 4 heteroatoms. The maximum absolute atomic E-state index is 9.74. The van der Waals surface area contributed by atoms with Gasteiger partial charge in [0.1, 0.15) is 11.5 Å². The summed E-state index contributed by atoms with van der Waals surface area (Å²) in [5.41, 5.74) is 1.55. The number of hydrogen-bond acceptors (Lipinski definition) is 4. The normalized spacial score (nSPS) is 12.3. The maximum Gasteiger partial charge on any atom is 0.145 e. The van der Waals surface area contributed by atoms with E-state index in [-0.39, 0.29) is 0 Å². The van der Waals surface area contributed by atoms with Crippen LogP contribution in [0.5, 0.6) is 11.5 Å². The highest BCUT2D eigenvalue weighted by atomic mass is 16.5. The van der Waals surface area contributed by atoms with Gasteiger partial charge in [-0.2, -0.15) is 0 Å². The molecule has 106 valence electrons. The number of nitrogens with zero attached hydrogens (tertiary/aromatic N) is 2. The summed E-state index contributed by atoms with van der Waals surface area (Å²) in [6, 6.07) is 13.2. The SMILES string of the molecule is CC[C@H](O)c1ccc(Oc2cccc3ncccc23)cn1. The third-order valence-corrected chi connectivity index (χ3v) is 3.32. The number of rotatable bonds is 4. The second-order valence-electron chi connectivity index (χ2n) is 4.77. The fraction of sp³-hybridized carbons (Fsp3) is 0.176. The van der Waals surface area contributed by atoms with E-state index < -0.39 is 6.10 Å². The molecule has 1 aromatic carbocycles. The summed E-state index contributed by atoms with van der Waals surface area (Å²) in [6.45, 7) is 1.92. The van der Waals surface area contributed by atoms with Crippen molar-refractivity contribution in [2.75, 3.05) is 0 Å². The molecule has 1 atom stereocenters. The molecule has 3 aromatic rings. The zero-order valence-electron chi connectivity index (χ0n) is 11.7. The Morgan fingerprint density at radius 3 is 2.76 bits per heavy atom. The van der Waals surface area contributed by atoms with E-state index in [1.54, 1.807) is 18.5 Å².